The molecule has 0 bridgehead atoms. The number of hydrogen-bond acceptors (Lipinski definition) is 2. The highest BCUT2D eigenvalue weighted by molar-refractivity contribution is 5.98. The van der Waals surface area contributed by atoms with Crippen LogP contribution in [0.1, 0.15) is 28.4 Å². The van der Waals surface area contributed by atoms with Gasteiger partial charge in [0.25, 0.3) is 0 Å². The van der Waals surface area contributed by atoms with Crippen molar-refractivity contribution in [1.29, 1.82) is 0 Å². The summed E-state index contributed by atoms with van der Waals surface area (Å²) in [7, 11) is 0. The maximum absolute atomic E-state index is 12.2. The molecule has 20 heavy (non-hydrogen) atoms. The first-order valence-electron chi connectivity index (χ1n) is 6.51. The summed E-state index contributed by atoms with van der Waals surface area (Å²) in [4.78, 5) is 23.1. The van der Waals surface area contributed by atoms with Crippen LogP contribution in [-0.4, -0.2) is 11.7 Å². The van der Waals surface area contributed by atoms with Gasteiger partial charge in [-0.25, -0.2) is 0 Å². The summed E-state index contributed by atoms with van der Waals surface area (Å²) >= 11 is 0. The van der Waals surface area contributed by atoms with Crippen molar-refractivity contribution in [1.82, 2.24) is 0 Å². The Hall–Kier alpha value is -2.42. The van der Waals surface area contributed by atoms with Crippen molar-refractivity contribution in [3.8, 4) is 0 Å². The van der Waals surface area contributed by atoms with Crippen molar-refractivity contribution in [2.24, 2.45) is 0 Å². The molecular weight excluding hydrogens is 250 g/mol. The number of aryl methyl sites for hydroxylation is 1. The molecule has 0 spiro atoms. The molecule has 0 aliphatic carbocycles. The zero-order valence-electron chi connectivity index (χ0n) is 11.6. The molecule has 0 radical (unpaired) electrons. The molecule has 0 fully saturated rings. The van der Waals surface area contributed by atoms with Gasteiger partial charge in [0.2, 0.25) is 5.91 Å². The first-order chi connectivity index (χ1) is 9.56. The Morgan fingerprint density at radius 3 is 2.25 bits per heavy atom. The van der Waals surface area contributed by atoms with E-state index in [0.717, 1.165) is 11.1 Å². The standard InChI is InChI=1S/C17H17NO2/c1-12-5-3-4-6-15(12)11-17(20)14-7-9-16(10-8-14)18-13(2)19/h3-10H,11H2,1-2H3,(H,18,19). The van der Waals surface area contributed by atoms with Crippen molar-refractivity contribution in [3.05, 3.63) is 65.2 Å². The summed E-state index contributed by atoms with van der Waals surface area (Å²) < 4.78 is 0. The number of benzene rings is 2. The average Bonchev–Trinajstić information content (AvgIpc) is 2.41. The number of nitrogens with one attached hydrogen (secondary N) is 1. The molecule has 1 N–H and O–H groups in total. The normalized spacial score (nSPS) is 10.1. The lowest BCUT2D eigenvalue weighted by Gasteiger charge is -2.06. The van der Waals surface area contributed by atoms with Crippen molar-refractivity contribution in [2.45, 2.75) is 20.3 Å². The second-order valence-electron chi connectivity index (χ2n) is 4.78. The number of carbonyl (C=O) groups is 2. The van der Waals surface area contributed by atoms with Crippen LogP contribution in [-0.2, 0) is 11.2 Å². The maximum Gasteiger partial charge on any atom is 0.221 e. The second-order valence-corrected chi connectivity index (χ2v) is 4.78. The minimum atomic E-state index is -0.121. The minimum Gasteiger partial charge on any atom is -0.326 e. The molecular formula is C17H17NO2. The maximum atomic E-state index is 12.2. The van der Waals surface area contributed by atoms with Gasteiger partial charge in [0, 0.05) is 24.6 Å². The largest absolute Gasteiger partial charge is 0.326 e. The third kappa shape index (κ3) is 3.54. The Morgan fingerprint density at radius 1 is 1.00 bits per heavy atom. The second kappa shape index (κ2) is 6.15. The highest BCUT2D eigenvalue weighted by atomic mass is 16.1. The zero-order valence-corrected chi connectivity index (χ0v) is 11.6. The van der Waals surface area contributed by atoms with Gasteiger partial charge in [-0.1, -0.05) is 24.3 Å². The van der Waals surface area contributed by atoms with E-state index in [-0.39, 0.29) is 11.7 Å². The Balaban J connectivity index is 2.10. The Labute approximate surface area is 118 Å². The fraction of sp³-hybridized carbons (Fsp3) is 0.176. The molecule has 2 aromatic carbocycles. The number of amides is 1. The number of ketones is 1. The molecule has 3 nitrogen and oxygen atoms in total. The predicted molar refractivity (Wildman–Crippen MR) is 80.0 cm³/mol. The van der Waals surface area contributed by atoms with E-state index >= 15 is 0 Å². The van der Waals surface area contributed by atoms with Crippen LogP contribution in [0.15, 0.2) is 48.5 Å². The monoisotopic (exact) mass is 267 g/mol. The number of anilines is 1. The lowest BCUT2D eigenvalue weighted by molar-refractivity contribution is -0.114. The van der Waals surface area contributed by atoms with Crippen LogP contribution in [0.2, 0.25) is 0 Å². The van der Waals surface area contributed by atoms with Gasteiger partial charge >= 0.3 is 0 Å². The van der Waals surface area contributed by atoms with Gasteiger partial charge in [-0.15, -0.1) is 0 Å². The average molecular weight is 267 g/mol. The molecule has 0 saturated heterocycles. The van der Waals surface area contributed by atoms with Gasteiger partial charge in [-0.05, 0) is 42.3 Å². The van der Waals surface area contributed by atoms with E-state index in [2.05, 4.69) is 5.32 Å². The summed E-state index contributed by atoms with van der Waals surface area (Å²) in [6, 6.07) is 14.8. The van der Waals surface area contributed by atoms with Crippen molar-refractivity contribution in [2.75, 3.05) is 5.32 Å². The van der Waals surface area contributed by atoms with E-state index in [1.54, 1.807) is 24.3 Å². The molecule has 1 amide bonds. The molecule has 102 valence electrons. The summed E-state index contributed by atoms with van der Waals surface area (Å²) in [6.45, 7) is 3.46. The van der Waals surface area contributed by atoms with E-state index in [9.17, 15) is 9.59 Å². The van der Waals surface area contributed by atoms with E-state index in [1.165, 1.54) is 6.92 Å². The molecule has 0 atom stereocenters. The van der Waals surface area contributed by atoms with Crippen LogP contribution in [0.4, 0.5) is 5.69 Å². The highest BCUT2D eigenvalue weighted by Crippen LogP contribution is 2.14. The van der Waals surface area contributed by atoms with Gasteiger partial charge in [-0.2, -0.15) is 0 Å². The van der Waals surface area contributed by atoms with Gasteiger partial charge in [0.1, 0.15) is 0 Å². The van der Waals surface area contributed by atoms with Gasteiger partial charge < -0.3 is 5.32 Å². The van der Waals surface area contributed by atoms with Crippen molar-refractivity contribution in [3.63, 3.8) is 0 Å². The quantitative estimate of drug-likeness (QED) is 0.863. The first-order valence-corrected chi connectivity index (χ1v) is 6.51. The summed E-state index contributed by atoms with van der Waals surface area (Å²) in [5.41, 5.74) is 3.52. The van der Waals surface area contributed by atoms with Crippen LogP contribution in [0.3, 0.4) is 0 Å². The molecule has 0 unspecified atom stereocenters. The molecule has 0 heterocycles. The fourth-order valence-electron chi connectivity index (χ4n) is 2.03. The first kappa shape index (κ1) is 14.0. The van der Waals surface area contributed by atoms with E-state index in [0.29, 0.717) is 17.7 Å². The Morgan fingerprint density at radius 2 is 1.65 bits per heavy atom. The number of hydrogen-bond donors (Lipinski definition) is 1. The van der Waals surface area contributed by atoms with E-state index < -0.39 is 0 Å². The number of Topliss-reactive ketones (excluding diaryl/α,β-unsaturated/α-hetero) is 1. The van der Waals surface area contributed by atoms with Gasteiger partial charge in [0.15, 0.2) is 5.78 Å². The SMILES string of the molecule is CC(=O)Nc1ccc(C(=O)Cc2ccccc2C)cc1. The van der Waals surface area contributed by atoms with Crippen molar-refractivity contribution < 1.29 is 9.59 Å². The molecule has 0 aliphatic heterocycles. The van der Waals surface area contributed by atoms with Crippen molar-refractivity contribution >= 4 is 17.4 Å². The molecule has 3 heteroatoms. The Bertz CT molecular complexity index is 630. The lowest BCUT2D eigenvalue weighted by Crippen LogP contribution is -2.07. The lowest BCUT2D eigenvalue weighted by atomic mass is 9.99. The number of rotatable bonds is 4. The smallest absolute Gasteiger partial charge is 0.221 e. The summed E-state index contributed by atoms with van der Waals surface area (Å²) in [5.74, 6) is -0.0438. The molecule has 0 aliphatic rings. The van der Waals surface area contributed by atoms with Crippen LogP contribution in [0.25, 0.3) is 0 Å². The zero-order chi connectivity index (χ0) is 14.5. The highest BCUT2D eigenvalue weighted by Gasteiger charge is 2.08. The summed E-state index contributed by atoms with van der Waals surface area (Å²) in [6.07, 6.45) is 0.395. The molecule has 0 saturated carbocycles. The third-order valence-electron chi connectivity index (χ3n) is 3.14. The minimum absolute atomic E-state index is 0.0775. The molecule has 2 aromatic rings. The van der Waals surface area contributed by atoms with Gasteiger partial charge in [0.05, 0.1) is 0 Å². The summed E-state index contributed by atoms with van der Waals surface area (Å²) in [5, 5.41) is 2.68. The van der Waals surface area contributed by atoms with Crippen LogP contribution in [0, 0.1) is 6.92 Å². The fourth-order valence-corrected chi connectivity index (χ4v) is 2.03. The van der Waals surface area contributed by atoms with Crippen LogP contribution < -0.4 is 5.32 Å². The van der Waals surface area contributed by atoms with Crippen LogP contribution >= 0.6 is 0 Å². The molecule has 0 aromatic heterocycles. The Kier molecular flexibility index (Phi) is 4.31. The topological polar surface area (TPSA) is 46.2 Å². The predicted octanol–water partition coefficient (Wildman–Crippen LogP) is 3.38. The van der Waals surface area contributed by atoms with E-state index in [4.69, 9.17) is 0 Å². The third-order valence-corrected chi connectivity index (χ3v) is 3.14. The van der Waals surface area contributed by atoms with Gasteiger partial charge in [-0.3, -0.25) is 9.59 Å². The van der Waals surface area contributed by atoms with E-state index in [1.807, 2.05) is 31.2 Å². The molecule has 2 rings (SSSR count). The van der Waals surface area contributed by atoms with Crippen LogP contribution in [0.5, 0.6) is 0 Å². The number of carbonyl (C=O) groups excluding carboxylic acids is 2.